The lowest BCUT2D eigenvalue weighted by Gasteiger charge is -2.05. The van der Waals surface area contributed by atoms with Gasteiger partial charge in [-0.3, -0.25) is 4.79 Å². The molecule has 3 aromatic rings. The van der Waals surface area contributed by atoms with Crippen LogP contribution in [-0.4, -0.2) is 5.91 Å². The second-order valence-electron chi connectivity index (χ2n) is 5.00. The molecule has 0 atom stereocenters. The zero-order valence-corrected chi connectivity index (χ0v) is 14.9. The maximum atomic E-state index is 13.8. The molecule has 1 heterocycles. The first kappa shape index (κ1) is 16.7. The predicted molar refractivity (Wildman–Crippen MR) is 97.1 cm³/mol. The highest BCUT2D eigenvalue weighted by Crippen LogP contribution is 2.22. The summed E-state index contributed by atoms with van der Waals surface area (Å²) in [5.74, 6) is -0.0549. The zero-order valence-electron chi connectivity index (χ0n) is 12.5. The van der Waals surface area contributed by atoms with Gasteiger partial charge in [0.25, 0.3) is 5.91 Å². The minimum Gasteiger partial charge on any atom is -0.489 e. The van der Waals surface area contributed by atoms with Crippen LogP contribution >= 0.6 is 27.3 Å². The van der Waals surface area contributed by atoms with E-state index in [-0.39, 0.29) is 11.6 Å². The van der Waals surface area contributed by atoms with Gasteiger partial charge in [0.2, 0.25) is 0 Å². The summed E-state index contributed by atoms with van der Waals surface area (Å²) >= 11 is 4.48. The van der Waals surface area contributed by atoms with E-state index in [0.29, 0.717) is 16.0 Å². The standard InChI is InChI=1S/C18H13BrFNO2S/c19-13-6-7-16(15(20)9-13)21-18(22)17-8-12(11-24-17)10-23-14-4-2-1-3-5-14/h1-9,11H,10H2,(H,21,22). The summed E-state index contributed by atoms with van der Waals surface area (Å²) in [6.07, 6.45) is 0. The molecule has 24 heavy (non-hydrogen) atoms. The number of ether oxygens (including phenoxy) is 1. The van der Waals surface area contributed by atoms with E-state index in [0.717, 1.165) is 11.3 Å². The van der Waals surface area contributed by atoms with Crippen LogP contribution in [0.1, 0.15) is 15.2 Å². The third-order valence-electron chi connectivity index (χ3n) is 3.21. The van der Waals surface area contributed by atoms with Crippen LogP contribution in [0.15, 0.2) is 64.5 Å². The number of amides is 1. The van der Waals surface area contributed by atoms with Gasteiger partial charge in [0.15, 0.2) is 0 Å². The van der Waals surface area contributed by atoms with Crippen LogP contribution < -0.4 is 10.1 Å². The van der Waals surface area contributed by atoms with Crippen molar-refractivity contribution in [3.8, 4) is 5.75 Å². The highest BCUT2D eigenvalue weighted by molar-refractivity contribution is 9.10. The van der Waals surface area contributed by atoms with Gasteiger partial charge < -0.3 is 10.1 Å². The summed E-state index contributed by atoms with van der Waals surface area (Å²) < 4.78 is 20.0. The molecule has 0 radical (unpaired) electrons. The van der Waals surface area contributed by atoms with Crippen molar-refractivity contribution < 1.29 is 13.9 Å². The largest absolute Gasteiger partial charge is 0.489 e. The Hall–Kier alpha value is -2.18. The fourth-order valence-electron chi connectivity index (χ4n) is 2.03. The molecule has 0 aliphatic rings. The molecule has 3 nitrogen and oxygen atoms in total. The third kappa shape index (κ3) is 4.21. The molecule has 0 bridgehead atoms. The molecule has 0 saturated heterocycles. The monoisotopic (exact) mass is 405 g/mol. The molecule has 6 heteroatoms. The fraction of sp³-hybridized carbons (Fsp3) is 0.0556. The van der Waals surface area contributed by atoms with Crippen LogP contribution in [0.4, 0.5) is 10.1 Å². The van der Waals surface area contributed by atoms with Gasteiger partial charge in [-0.25, -0.2) is 4.39 Å². The fourth-order valence-corrected chi connectivity index (χ4v) is 3.15. The highest BCUT2D eigenvalue weighted by atomic mass is 79.9. The van der Waals surface area contributed by atoms with Crippen molar-refractivity contribution in [2.45, 2.75) is 6.61 Å². The number of carbonyl (C=O) groups is 1. The number of thiophene rings is 1. The molecule has 0 spiro atoms. The summed E-state index contributed by atoms with van der Waals surface area (Å²) in [6, 6.07) is 15.7. The average Bonchev–Trinajstić information content (AvgIpc) is 3.05. The van der Waals surface area contributed by atoms with Gasteiger partial charge in [-0.2, -0.15) is 0 Å². The number of carbonyl (C=O) groups excluding carboxylic acids is 1. The molecule has 0 aliphatic heterocycles. The SMILES string of the molecule is O=C(Nc1ccc(Br)cc1F)c1cc(COc2ccccc2)cs1. The Kier molecular flexibility index (Phi) is 5.27. The Labute approximate surface area is 151 Å². The molecule has 1 aromatic heterocycles. The van der Waals surface area contributed by atoms with E-state index in [1.165, 1.54) is 23.5 Å². The van der Waals surface area contributed by atoms with Crippen molar-refractivity contribution >= 4 is 38.9 Å². The second kappa shape index (κ2) is 7.59. The number of hydrogen-bond acceptors (Lipinski definition) is 3. The second-order valence-corrected chi connectivity index (χ2v) is 6.83. The number of nitrogens with one attached hydrogen (secondary N) is 1. The summed E-state index contributed by atoms with van der Waals surface area (Å²) in [7, 11) is 0. The zero-order chi connectivity index (χ0) is 16.9. The number of halogens is 2. The van der Waals surface area contributed by atoms with Crippen LogP contribution in [-0.2, 0) is 6.61 Å². The highest BCUT2D eigenvalue weighted by Gasteiger charge is 2.12. The smallest absolute Gasteiger partial charge is 0.265 e. The quantitative estimate of drug-likeness (QED) is 0.609. The number of para-hydroxylation sites is 1. The minimum atomic E-state index is -0.484. The number of hydrogen-bond donors (Lipinski definition) is 1. The summed E-state index contributed by atoms with van der Waals surface area (Å²) in [6.45, 7) is 0.375. The molecule has 122 valence electrons. The third-order valence-corrected chi connectivity index (χ3v) is 4.68. The van der Waals surface area contributed by atoms with Crippen molar-refractivity contribution in [3.05, 3.63) is 80.7 Å². The van der Waals surface area contributed by atoms with E-state index in [1.54, 1.807) is 12.1 Å². The molecule has 1 N–H and O–H groups in total. The van der Waals surface area contributed by atoms with Gasteiger partial charge >= 0.3 is 0 Å². The van der Waals surface area contributed by atoms with E-state index in [2.05, 4.69) is 21.2 Å². The number of rotatable bonds is 5. The maximum Gasteiger partial charge on any atom is 0.265 e. The van der Waals surface area contributed by atoms with Gasteiger partial charge in [-0.05, 0) is 41.8 Å². The van der Waals surface area contributed by atoms with Crippen LogP contribution in [0, 0.1) is 5.82 Å². The Morgan fingerprint density at radius 1 is 1.17 bits per heavy atom. The van der Waals surface area contributed by atoms with Crippen molar-refractivity contribution in [3.63, 3.8) is 0 Å². The van der Waals surface area contributed by atoms with E-state index in [1.807, 2.05) is 35.7 Å². The van der Waals surface area contributed by atoms with Gasteiger partial charge in [0, 0.05) is 10.0 Å². The van der Waals surface area contributed by atoms with Crippen molar-refractivity contribution in [2.75, 3.05) is 5.32 Å². The van der Waals surface area contributed by atoms with E-state index < -0.39 is 5.82 Å². The lowest BCUT2D eigenvalue weighted by atomic mass is 10.3. The predicted octanol–water partition coefficient (Wildman–Crippen LogP) is 5.48. The van der Waals surface area contributed by atoms with Gasteiger partial charge in [0.05, 0.1) is 10.6 Å². The van der Waals surface area contributed by atoms with Gasteiger partial charge in [-0.1, -0.05) is 34.1 Å². The van der Waals surface area contributed by atoms with Crippen LogP contribution in [0.25, 0.3) is 0 Å². The van der Waals surface area contributed by atoms with Gasteiger partial charge in [0.1, 0.15) is 18.2 Å². The summed E-state index contributed by atoms with van der Waals surface area (Å²) in [4.78, 5) is 12.7. The molecule has 0 saturated carbocycles. The molecule has 3 rings (SSSR count). The molecular weight excluding hydrogens is 393 g/mol. The molecule has 0 fully saturated rings. The van der Waals surface area contributed by atoms with Crippen LogP contribution in [0.3, 0.4) is 0 Å². The lowest BCUT2D eigenvalue weighted by Crippen LogP contribution is -2.11. The van der Waals surface area contributed by atoms with E-state index in [9.17, 15) is 9.18 Å². The average molecular weight is 406 g/mol. The minimum absolute atomic E-state index is 0.152. The molecule has 1 amide bonds. The molecule has 0 aliphatic carbocycles. The van der Waals surface area contributed by atoms with Gasteiger partial charge in [-0.15, -0.1) is 11.3 Å². The lowest BCUT2D eigenvalue weighted by molar-refractivity contribution is 0.103. The molecule has 2 aromatic carbocycles. The first-order valence-electron chi connectivity index (χ1n) is 7.13. The number of anilines is 1. The topological polar surface area (TPSA) is 38.3 Å². The van der Waals surface area contributed by atoms with Crippen molar-refractivity contribution in [2.24, 2.45) is 0 Å². The van der Waals surface area contributed by atoms with Crippen LogP contribution in [0.5, 0.6) is 5.75 Å². The normalized spacial score (nSPS) is 10.4. The maximum absolute atomic E-state index is 13.8. The molecule has 0 unspecified atom stereocenters. The van der Waals surface area contributed by atoms with Crippen molar-refractivity contribution in [1.82, 2.24) is 0 Å². The summed E-state index contributed by atoms with van der Waals surface area (Å²) in [5, 5.41) is 4.43. The Balaban J connectivity index is 1.63. The first-order valence-corrected chi connectivity index (χ1v) is 8.81. The van der Waals surface area contributed by atoms with Crippen molar-refractivity contribution in [1.29, 1.82) is 0 Å². The Morgan fingerprint density at radius 3 is 2.71 bits per heavy atom. The molecular formula is C18H13BrFNO2S. The van der Waals surface area contributed by atoms with E-state index >= 15 is 0 Å². The van der Waals surface area contributed by atoms with Crippen LogP contribution in [0.2, 0.25) is 0 Å². The first-order chi connectivity index (χ1) is 11.6. The Bertz CT molecular complexity index is 851. The number of benzene rings is 2. The van der Waals surface area contributed by atoms with E-state index in [4.69, 9.17) is 4.74 Å². The Morgan fingerprint density at radius 2 is 1.96 bits per heavy atom. The summed E-state index contributed by atoms with van der Waals surface area (Å²) in [5.41, 5.74) is 1.05.